The molecule has 7 heteroatoms. The molecule has 3 rings (SSSR count). The number of amides is 2. The molecule has 0 saturated heterocycles. The topological polar surface area (TPSA) is 58.6 Å². The highest BCUT2D eigenvalue weighted by atomic mass is 35.5. The van der Waals surface area contributed by atoms with Crippen molar-refractivity contribution in [1.29, 1.82) is 0 Å². The number of nitrogens with one attached hydrogen (secondary N) is 1. The van der Waals surface area contributed by atoms with E-state index in [2.05, 4.69) is 16.8 Å². The Labute approximate surface area is 161 Å². The second kappa shape index (κ2) is 8.56. The molecule has 1 aromatic carbocycles. The lowest BCUT2D eigenvalue weighted by Crippen LogP contribution is -2.40. The number of rotatable bonds is 6. The lowest BCUT2D eigenvalue weighted by atomic mass is 10.1. The second-order valence-corrected chi connectivity index (χ2v) is 7.63. The van der Waals surface area contributed by atoms with Crippen molar-refractivity contribution in [2.24, 2.45) is 0 Å². The molecule has 1 unspecified atom stereocenters. The van der Waals surface area contributed by atoms with E-state index in [1.807, 2.05) is 4.90 Å². The Morgan fingerprint density at radius 3 is 3.04 bits per heavy atom. The summed E-state index contributed by atoms with van der Waals surface area (Å²) < 4.78 is 5.57. The fourth-order valence-electron chi connectivity index (χ4n) is 2.85. The SMILES string of the molecule is CC(Oc1cccc(Cl)c1)C(=O)NCCC(=O)N1CCc2sccc2C1. The first-order valence-corrected chi connectivity index (χ1v) is 9.81. The average molecular weight is 393 g/mol. The molecule has 2 aromatic rings. The van der Waals surface area contributed by atoms with Gasteiger partial charge in [0.05, 0.1) is 0 Å². The van der Waals surface area contributed by atoms with Crippen LogP contribution in [0, 0.1) is 0 Å². The Morgan fingerprint density at radius 2 is 2.23 bits per heavy atom. The lowest BCUT2D eigenvalue weighted by Gasteiger charge is -2.27. The van der Waals surface area contributed by atoms with Crippen LogP contribution >= 0.6 is 22.9 Å². The molecular formula is C19H21ClN2O3S. The Kier molecular flexibility index (Phi) is 6.16. The van der Waals surface area contributed by atoms with Crippen LogP contribution in [0.3, 0.4) is 0 Å². The van der Waals surface area contributed by atoms with Gasteiger partial charge in [0.1, 0.15) is 5.75 Å². The summed E-state index contributed by atoms with van der Waals surface area (Å²) in [5, 5.41) is 5.38. The number of thiophene rings is 1. The molecule has 0 spiro atoms. The van der Waals surface area contributed by atoms with Gasteiger partial charge in [0, 0.05) is 36.0 Å². The van der Waals surface area contributed by atoms with Crippen molar-refractivity contribution in [3.8, 4) is 5.75 Å². The molecule has 2 amide bonds. The van der Waals surface area contributed by atoms with Crippen molar-refractivity contribution in [2.45, 2.75) is 32.4 Å². The first-order chi connectivity index (χ1) is 12.5. The van der Waals surface area contributed by atoms with Gasteiger partial charge in [-0.2, -0.15) is 0 Å². The molecular weight excluding hydrogens is 372 g/mol. The molecule has 1 aromatic heterocycles. The van der Waals surface area contributed by atoms with E-state index in [1.165, 1.54) is 10.4 Å². The third-order valence-electron chi connectivity index (χ3n) is 4.28. The van der Waals surface area contributed by atoms with Crippen LogP contribution < -0.4 is 10.1 Å². The molecule has 0 bridgehead atoms. The highest BCUT2D eigenvalue weighted by molar-refractivity contribution is 7.10. The standard InChI is InChI=1S/C19H21ClN2O3S/c1-13(25-16-4-2-3-15(20)11-16)19(24)21-8-5-18(23)22-9-6-17-14(12-22)7-10-26-17/h2-4,7,10-11,13H,5-6,8-9,12H2,1H3,(H,21,24). The maximum absolute atomic E-state index is 12.3. The monoisotopic (exact) mass is 392 g/mol. The van der Waals surface area contributed by atoms with E-state index in [-0.39, 0.29) is 18.2 Å². The van der Waals surface area contributed by atoms with E-state index in [0.717, 1.165) is 13.0 Å². The first-order valence-electron chi connectivity index (χ1n) is 8.56. The quantitative estimate of drug-likeness (QED) is 0.820. The summed E-state index contributed by atoms with van der Waals surface area (Å²) in [4.78, 5) is 27.7. The van der Waals surface area contributed by atoms with Crippen LogP contribution in [0.15, 0.2) is 35.7 Å². The molecule has 0 radical (unpaired) electrons. The van der Waals surface area contributed by atoms with Crippen LogP contribution in [-0.2, 0) is 22.6 Å². The summed E-state index contributed by atoms with van der Waals surface area (Å²) in [5.74, 6) is 0.346. The molecule has 2 heterocycles. The largest absolute Gasteiger partial charge is 0.481 e. The highest BCUT2D eigenvalue weighted by Gasteiger charge is 2.21. The van der Waals surface area contributed by atoms with Gasteiger partial charge in [-0.05, 0) is 48.6 Å². The normalized spacial score (nSPS) is 14.5. The maximum atomic E-state index is 12.3. The smallest absolute Gasteiger partial charge is 0.260 e. The summed E-state index contributed by atoms with van der Waals surface area (Å²) in [6.07, 6.45) is 0.539. The predicted octanol–water partition coefficient (Wildman–Crippen LogP) is 3.26. The number of carbonyl (C=O) groups is 2. The van der Waals surface area contributed by atoms with Crippen LogP contribution in [0.25, 0.3) is 0 Å². The van der Waals surface area contributed by atoms with Crippen molar-refractivity contribution in [2.75, 3.05) is 13.1 Å². The van der Waals surface area contributed by atoms with Crippen LogP contribution in [0.1, 0.15) is 23.8 Å². The fourth-order valence-corrected chi connectivity index (χ4v) is 3.92. The molecule has 138 valence electrons. The van der Waals surface area contributed by atoms with E-state index in [9.17, 15) is 9.59 Å². The molecule has 0 fully saturated rings. The lowest BCUT2D eigenvalue weighted by molar-refractivity contribution is -0.132. The third kappa shape index (κ3) is 4.77. The molecule has 5 nitrogen and oxygen atoms in total. The van der Waals surface area contributed by atoms with Crippen molar-refractivity contribution in [3.63, 3.8) is 0 Å². The van der Waals surface area contributed by atoms with Gasteiger partial charge in [0.25, 0.3) is 5.91 Å². The second-order valence-electron chi connectivity index (χ2n) is 6.19. The zero-order chi connectivity index (χ0) is 18.5. The van der Waals surface area contributed by atoms with Gasteiger partial charge in [-0.25, -0.2) is 0 Å². The maximum Gasteiger partial charge on any atom is 0.260 e. The Morgan fingerprint density at radius 1 is 1.38 bits per heavy atom. The number of hydrogen-bond acceptors (Lipinski definition) is 4. The van der Waals surface area contributed by atoms with Gasteiger partial charge in [-0.3, -0.25) is 9.59 Å². The van der Waals surface area contributed by atoms with Crippen molar-refractivity contribution < 1.29 is 14.3 Å². The van der Waals surface area contributed by atoms with Crippen LogP contribution in [0.2, 0.25) is 5.02 Å². The zero-order valence-corrected chi connectivity index (χ0v) is 16.1. The number of benzene rings is 1. The summed E-state index contributed by atoms with van der Waals surface area (Å²) in [7, 11) is 0. The third-order valence-corrected chi connectivity index (χ3v) is 5.53. The molecule has 1 aliphatic heterocycles. The van der Waals surface area contributed by atoms with Gasteiger partial charge in [0.2, 0.25) is 5.91 Å². The van der Waals surface area contributed by atoms with Gasteiger partial charge in [0.15, 0.2) is 6.10 Å². The average Bonchev–Trinajstić information content (AvgIpc) is 3.09. The van der Waals surface area contributed by atoms with Gasteiger partial charge >= 0.3 is 0 Å². The van der Waals surface area contributed by atoms with Crippen LogP contribution in [0.5, 0.6) is 5.75 Å². The van der Waals surface area contributed by atoms with Crippen LogP contribution in [-0.4, -0.2) is 35.9 Å². The Hall–Kier alpha value is -2.05. The van der Waals surface area contributed by atoms with E-state index in [4.69, 9.17) is 16.3 Å². The molecule has 0 aliphatic carbocycles. The van der Waals surface area contributed by atoms with Crippen molar-refractivity contribution in [1.82, 2.24) is 10.2 Å². The van der Waals surface area contributed by atoms with Crippen LogP contribution in [0.4, 0.5) is 0 Å². The Balaban J connectivity index is 1.41. The van der Waals surface area contributed by atoms with E-state index < -0.39 is 6.10 Å². The number of halogens is 1. The number of ether oxygens (including phenoxy) is 1. The minimum absolute atomic E-state index is 0.0607. The van der Waals surface area contributed by atoms with Crippen molar-refractivity contribution >= 4 is 34.8 Å². The fraction of sp³-hybridized carbons (Fsp3) is 0.368. The minimum atomic E-state index is -0.660. The zero-order valence-electron chi connectivity index (χ0n) is 14.5. The molecule has 1 atom stereocenters. The number of fused-ring (bicyclic) bond motifs is 1. The minimum Gasteiger partial charge on any atom is -0.481 e. The number of hydrogen-bond donors (Lipinski definition) is 1. The highest BCUT2D eigenvalue weighted by Crippen LogP contribution is 2.24. The Bertz CT molecular complexity index is 793. The summed E-state index contributed by atoms with van der Waals surface area (Å²) in [5.41, 5.74) is 1.24. The summed E-state index contributed by atoms with van der Waals surface area (Å²) in [6.45, 7) is 3.38. The van der Waals surface area contributed by atoms with E-state index >= 15 is 0 Å². The molecule has 0 saturated carbocycles. The van der Waals surface area contributed by atoms with E-state index in [0.29, 0.717) is 23.9 Å². The predicted molar refractivity (Wildman–Crippen MR) is 103 cm³/mol. The van der Waals surface area contributed by atoms with Crippen molar-refractivity contribution in [3.05, 3.63) is 51.2 Å². The van der Waals surface area contributed by atoms with Gasteiger partial charge < -0.3 is 15.0 Å². The number of nitrogens with zero attached hydrogens (tertiary/aromatic N) is 1. The molecule has 26 heavy (non-hydrogen) atoms. The molecule has 1 aliphatic rings. The first kappa shape index (κ1) is 18.7. The summed E-state index contributed by atoms with van der Waals surface area (Å²) in [6, 6.07) is 8.98. The number of carbonyl (C=O) groups excluding carboxylic acids is 2. The summed E-state index contributed by atoms with van der Waals surface area (Å²) >= 11 is 7.65. The van der Waals surface area contributed by atoms with Gasteiger partial charge in [-0.15, -0.1) is 11.3 Å². The molecule has 1 N–H and O–H groups in total. The van der Waals surface area contributed by atoms with Gasteiger partial charge in [-0.1, -0.05) is 17.7 Å². The van der Waals surface area contributed by atoms with E-state index in [1.54, 1.807) is 42.5 Å².